The summed E-state index contributed by atoms with van der Waals surface area (Å²) in [5.74, 6) is 0. The van der Waals surface area contributed by atoms with Gasteiger partial charge in [0.2, 0.25) is 8.07 Å². The monoisotopic (exact) mass is 381 g/mol. The quantitative estimate of drug-likeness (QED) is 0.509. The Morgan fingerprint density at radius 3 is 1.21 bits per heavy atom. The first-order valence-electron chi connectivity index (χ1n) is 9.48. The third-order valence-electron chi connectivity index (χ3n) is 5.02. The van der Waals surface area contributed by atoms with Gasteiger partial charge < -0.3 is 0 Å². The van der Waals surface area contributed by atoms with Crippen molar-refractivity contribution < 1.29 is 0 Å². The molecule has 28 heavy (non-hydrogen) atoms. The van der Waals surface area contributed by atoms with Crippen LogP contribution in [0.15, 0.2) is 84.9 Å². The molecule has 0 fully saturated rings. The van der Waals surface area contributed by atoms with Gasteiger partial charge >= 0.3 is 0 Å². The lowest BCUT2D eigenvalue weighted by molar-refractivity contribution is 1.20. The van der Waals surface area contributed by atoms with E-state index in [-0.39, 0.29) is 0 Å². The highest BCUT2D eigenvalue weighted by atomic mass is 28.3. The van der Waals surface area contributed by atoms with Gasteiger partial charge in [-0.05, 0) is 62.4 Å². The minimum atomic E-state index is -2.73. The number of aryl methyl sites for hydroxylation is 3. The second kappa shape index (κ2) is 7.48. The Labute approximate surface area is 167 Å². The molecule has 4 heteroatoms. The Kier molecular flexibility index (Phi) is 4.88. The van der Waals surface area contributed by atoms with Crippen molar-refractivity contribution in [2.24, 2.45) is 0 Å². The molecule has 3 aromatic heterocycles. The zero-order valence-corrected chi connectivity index (χ0v) is 17.4. The van der Waals surface area contributed by atoms with Gasteiger partial charge in [0, 0.05) is 33.0 Å². The molecule has 0 radical (unpaired) electrons. The summed E-state index contributed by atoms with van der Waals surface area (Å²) in [6.07, 6.45) is 0. The van der Waals surface area contributed by atoms with Crippen LogP contribution in [0.3, 0.4) is 0 Å². The summed E-state index contributed by atoms with van der Waals surface area (Å²) < 4.78 is 0. The van der Waals surface area contributed by atoms with Crippen LogP contribution < -0.4 is 21.1 Å². The number of nitrogens with zero attached hydrogens (tertiary/aromatic N) is 3. The largest absolute Gasteiger partial charge is 0.262 e. The SMILES string of the molecule is Cc1cccc([Si](c2ccccc2)(c2cccc(C)n2)c2cccc(C)n2)n1. The number of hydrogen-bond acceptors (Lipinski definition) is 3. The average Bonchev–Trinajstić information content (AvgIpc) is 2.70. The molecule has 0 amide bonds. The van der Waals surface area contributed by atoms with E-state index in [0.717, 1.165) is 33.0 Å². The Morgan fingerprint density at radius 1 is 0.464 bits per heavy atom. The third kappa shape index (κ3) is 3.16. The van der Waals surface area contributed by atoms with Crippen molar-refractivity contribution >= 4 is 29.2 Å². The molecule has 0 spiro atoms. The smallest absolute Gasteiger partial charge is 0.243 e. The molecule has 0 aliphatic rings. The summed E-state index contributed by atoms with van der Waals surface area (Å²) in [5.41, 5.74) is 3.02. The van der Waals surface area contributed by atoms with E-state index in [1.165, 1.54) is 5.19 Å². The normalized spacial score (nSPS) is 11.4. The van der Waals surface area contributed by atoms with Crippen molar-refractivity contribution in [1.29, 1.82) is 0 Å². The molecule has 3 heterocycles. The van der Waals surface area contributed by atoms with E-state index in [1.54, 1.807) is 0 Å². The van der Waals surface area contributed by atoms with E-state index in [4.69, 9.17) is 15.0 Å². The van der Waals surface area contributed by atoms with Crippen LogP contribution in [0.25, 0.3) is 0 Å². The summed E-state index contributed by atoms with van der Waals surface area (Å²) in [5, 5.41) is 4.43. The summed E-state index contributed by atoms with van der Waals surface area (Å²) >= 11 is 0. The predicted molar refractivity (Wildman–Crippen MR) is 118 cm³/mol. The molecule has 3 nitrogen and oxygen atoms in total. The van der Waals surface area contributed by atoms with Crippen LogP contribution in [-0.4, -0.2) is 23.0 Å². The Balaban J connectivity index is 2.17. The Bertz CT molecular complexity index is 998. The molecule has 138 valence electrons. The predicted octanol–water partition coefficient (Wildman–Crippen LogP) is 2.17. The van der Waals surface area contributed by atoms with Crippen molar-refractivity contribution in [3.05, 3.63) is 102 Å². The van der Waals surface area contributed by atoms with Gasteiger partial charge in [-0.1, -0.05) is 48.5 Å². The molecule has 4 rings (SSSR count). The highest BCUT2D eigenvalue weighted by Gasteiger charge is 2.46. The fourth-order valence-electron chi connectivity index (χ4n) is 3.78. The minimum absolute atomic E-state index is 1.01. The molecule has 1 aromatic carbocycles. The van der Waals surface area contributed by atoms with E-state index >= 15 is 0 Å². The van der Waals surface area contributed by atoms with E-state index in [1.807, 2.05) is 39.0 Å². The van der Waals surface area contributed by atoms with Crippen LogP contribution in [0.2, 0.25) is 0 Å². The molecule has 4 aromatic rings. The second-order valence-electron chi connectivity index (χ2n) is 7.11. The van der Waals surface area contributed by atoms with Gasteiger partial charge in [-0.15, -0.1) is 0 Å². The van der Waals surface area contributed by atoms with E-state index in [0.29, 0.717) is 0 Å². The molecule has 0 saturated carbocycles. The van der Waals surface area contributed by atoms with Crippen molar-refractivity contribution in [3.8, 4) is 0 Å². The van der Waals surface area contributed by atoms with Gasteiger partial charge in [-0.2, -0.15) is 0 Å². The number of hydrogen-bond donors (Lipinski definition) is 0. The van der Waals surface area contributed by atoms with Crippen LogP contribution in [0.4, 0.5) is 0 Å². The maximum absolute atomic E-state index is 5.02. The standard InChI is InChI=1S/C24H23N3Si/c1-18-10-7-15-22(25-18)28(21-13-5-4-6-14-21,23-16-8-11-19(2)26-23)24-17-9-12-20(3)27-24/h4-17H,1-3H3. The van der Waals surface area contributed by atoms with Gasteiger partial charge in [0.15, 0.2) is 0 Å². The lowest BCUT2D eigenvalue weighted by Gasteiger charge is -2.31. The average molecular weight is 382 g/mol. The molecule has 0 aliphatic heterocycles. The maximum atomic E-state index is 5.02. The van der Waals surface area contributed by atoms with Crippen molar-refractivity contribution in [2.45, 2.75) is 20.8 Å². The van der Waals surface area contributed by atoms with Crippen LogP contribution >= 0.6 is 0 Å². The third-order valence-corrected chi connectivity index (χ3v) is 9.36. The number of benzene rings is 1. The molecule has 0 unspecified atom stereocenters. The van der Waals surface area contributed by atoms with Crippen LogP contribution in [0.1, 0.15) is 17.1 Å². The first kappa shape index (κ1) is 18.3. The first-order valence-corrected chi connectivity index (χ1v) is 11.5. The fraction of sp³-hybridized carbons (Fsp3) is 0.125. The van der Waals surface area contributed by atoms with Gasteiger partial charge in [0.25, 0.3) is 0 Å². The summed E-state index contributed by atoms with van der Waals surface area (Å²) in [4.78, 5) is 15.0. The number of pyridine rings is 3. The van der Waals surface area contributed by atoms with Crippen molar-refractivity contribution in [1.82, 2.24) is 15.0 Å². The molecule has 0 aliphatic carbocycles. The van der Waals surface area contributed by atoms with Crippen LogP contribution in [-0.2, 0) is 0 Å². The summed E-state index contributed by atoms with van der Waals surface area (Å²) in [6.45, 7) is 6.13. The maximum Gasteiger partial charge on any atom is 0.243 e. The first-order chi connectivity index (χ1) is 13.6. The Hall–Kier alpha value is -3.11. The summed E-state index contributed by atoms with van der Waals surface area (Å²) in [7, 11) is -2.73. The number of aromatic nitrogens is 3. The molecular formula is C24H23N3Si. The van der Waals surface area contributed by atoms with Crippen LogP contribution in [0.5, 0.6) is 0 Å². The lowest BCUT2D eigenvalue weighted by atomic mass is 10.4. The zero-order valence-electron chi connectivity index (χ0n) is 16.4. The zero-order chi connectivity index (χ0) is 19.6. The minimum Gasteiger partial charge on any atom is -0.262 e. The van der Waals surface area contributed by atoms with Gasteiger partial charge in [0.1, 0.15) is 0 Å². The van der Waals surface area contributed by atoms with Gasteiger partial charge in [-0.3, -0.25) is 15.0 Å². The molecule has 0 atom stereocenters. The molecule has 0 N–H and O–H groups in total. The van der Waals surface area contributed by atoms with Crippen LogP contribution in [0, 0.1) is 20.8 Å². The molecule has 0 saturated heterocycles. The van der Waals surface area contributed by atoms with Gasteiger partial charge in [-0.25, -0.2) is 0 Å². The fourth-order valence-corrected chi connectivity index (χ4v) is 8.22. The van der Waals surface area contributed by atoms with Crippen molar-refractivity contribution in [3.63, 3.8) is 0 Å². The van der Waals surface area contributed by atoms with E-state index < -0.39 is 8.07 Å². The van der Waals surface area contributed by atoms with E-state index in [2.05, 4.69) is 66.7 Å². The lowest BCUT2D eigenvalue weighted by Crippen LogP contribution is -2.77. The highest BCUT2D eigenvalue weighted by molar-refractivity contribution is 7.18. The topological polar surface area (TPSA) is 38.7 Å². The summed E-state index contributed by atoms with van der Waals surface area (Å²) in [6, 6.07) is 29.5. The van der Waals surface area contributed by atoms with E-state index in [9.17, 15) is 0 Å². The van der Waals surface area contributed by atoms with Gasteiger partial charge in [0.05, 0.1) is 0 Å². The van der Waals surface area contributed by atoms with Crippen molar-refractivity contribution in [2.75, 3.05) is 0 Å². The molecule has 0 bridgehead atoms. The highest BCUT2D eigenvalue weighted by Crippen LogP contribution is 2.08. The number of rotatable bonds is 4. The Morgan fingerprint density at radius 2 is 0.857 bits per heavy atom. The second-order valence-corrected chi connectivity index (χ2v) is 10.7. The molecular weight excluding hydrogens is 358 g/mol.